The van der Waals surface area contributed by atoms with E-state index in [1.807, 2.05) is 0 Å². The molecule has 11 aromatic rings. The van der Waals surface area contributed by atoms with Gasteiger partial charge in [-0.2, -0.15) is 0 Å². The third kappa shape index (κ3) is 3.73. The molecule has 0 radical (unpaired) electrons. The number of fused-ring (bicyclic) bond motifs is 28. The van der Waals surface area contributed by atoms with Crippen molar-refractivity contribution in [3.05, 3.63) is 256 Å². The summed E-state index contributed by atoms with van der Waals surface area (Å²) in [6.45, 7) is 0. The maximum Gasteiger partial charge on any atom is 0.0726 e. The summed E-state index contributed by atoms with van der Waals surface area (Å²) in [6.07, 6.45) is 4.98. The molecule has 0 saturated carbocycles. The minimum absolute atomic E-state index is 0.214. The number of benzene rings is 9. The molecule has 2 aromatic heterocycles. The highest BCUT2D eigenvalue weighted by molar-refractivity contribution is 6.16. The summed E-state index contributed by atoms with van der Waals surface area (Å²) in [7, 11) is 0. The minimum Gasteiger partial charge on any atom is -0.357 e. The van der Waals surface area contributed by atoms with E-state index in [1.165, 1.54) is 127 Å². The Hall–Kier alpha value is -7.94. The molecule has 2 unspecified atom stereocenters. The van der Waals surface area contributed by atoms with Crippen LogP contribution in [-0.4, -0.2) is 9.97 Å². The molecule has 0 fully saturated rings. The third-order valence-corrected chi connectivity index (χ3v) is 16.3. The van der Waals surface area contributed by atoms with Crippen molar-refractivity contribution in [1.82, 2.24) is 9.97 Å². The number of aromatic amines is 2. The van der Waals surface area contributed by atoms with Gasteiger partial charge in [-0.3, -0.25) is 0 Å². The Bertz CT molecular complexity index is 3850. The van der Waals surface area contributed by atoms with Crippen LogP contribution in [0.4, 0.5) is 0 Å². The molecular formula is C62H38N2. The number of hydrogen-bond acceptors (Lipinski definition) is 0. The van der Waals surface area contributed by atoms with E-state index in [2.05, 4.69) is 216 Å². The Morgan fingerprint density at radius 2 is 0.906 bits per heavy atom. The fourth-order valence-electron chi connectivity index (χ4n) is 14.0. The summed E-state index contributed by atoms with van der Waals surface area (Å²) < 4.78 is 0. The van der Waals surface area contributed by atoms with Crippen molar-refractivity contribution in [2.45, 2.75) is 16.7 Å². The average Bonchev–Trinajstić information content (AvgIpc) is 4.18. The molecule has 0 bridgehead atoms. The number of allylic oxidation sites excluding steroid dienone is 1. The highest BCUT2D eigenvalue weighted by Gasteiger charge is 2.59. The van der Waals surface area contributed by atoms with Crippen LogP contribution >= 0.6 is 0 Å². The maximum absolute atomic E-state index is 4.02. The molecule has 5 aliphatic carbocycles. The SMILES string of the molecule is C1=CC2C(c3ccccc3C23c2ccccc2-c2ccccc23)c2[nH]c3ccc(-c4ccc5[nH]c6c7c(ccc6c5c4)C4(c5ccccc5-c5ccccc54)c4ccccc4-7)cc3c21. The Morgan fingerprint density at radius 1 is 0.391 bits per heavy atom. The van der Waals surface area contributed by atoms with Crippen molar-refractivity contribution in [3.8, 4) is 44.5 Å². The zero-order valence-corrected chi connectivity index (χ0v) is 34.8. The summed E-state index contributed by atoms with van der Waals surface area (Å²) in [4.78, 5) is 7.99. The topological polar surface area (TPSA) is 31.6 Å². The van der Waals surface area contributed by atoms with Crippen LogP contribution in [0.3, 0.4) is 0 Å². The summed E-state index contributed by atoms with van der Waals surface area (Å²) in [5.41, 5.74) is 27.3. The monoisotopic (exact) mass is 810 g/mol. The molecule has 2 N–H and O–H groups in total. The van der Waals surface area contributed by atoms with Crippen LogP contribution in [-0.2, 0) is 10.8 Å². The fourth-order valence-corrected chi connectivity index (χ4v) is 14.0. The first-order chi connectivity index (χ1) is 31.7. The fraction of sp³-hybridized carbons (Fsp3) is 0.0645. The molecule has 2 spiro atoms. The van der Waals surface area contributed by atoms with Crippen LogP contribution in [0.15, 0.2) is 200 Å². The molecule has 296 valence electrons. The third-order valence-electron chi connectivity index (χ3n) is 16.3. The highest BCUT2D eigenvalue weighted by atomic mass is 14.8. The normalized spacial score (nSPS) is 17.9. The number of aromatic nitrogens is 2. The van der Waals surface area contributed by atoms with E-state index >= 15 is 0 Å². The molecular weight excluding hydrogens is 773 g/mol. The van der Waals surface area contributed by atoms with Gasteiger partial charge in [-0.1, -0.05) is 182 Å². The van der Waals surface area contributed by atoms with Crippen molar-refractivity contribution in [2.24, 2.45) is 5.92 Å². The summed E-state index contributed by atoms with van der Waals surface area (Å²) in [6, 6.07) is 73.6. The van der Waals surface area contributed by atoms with E-state index in [-0.39, 0.29) is 22.7 Å². The average molecular weight is 811 g/mol. The molecule has 9 aromatic carbocycles. The number of hydrogen-bond donors (Lipinski definition) is 2. The van der Waals surface area contributed by atoms with Gasteiger partial charge in [0.1, 0.15) is 0 Å². The largest absolute Gasteiger partial charge is 0.357 e. The summed E-state index contributed by atoms with van der Waals surface area (Å²) in [5, 5.41) is 3.80. The van der Waals surface area contributed by atoms with Crippen LogP contribution in [0.5, 0.6) is 0 Å². The predicted octanol–water partition coefficient (Wildman–Crippen LogP) is 14.9. The quantitative estimate of drug-likeness (QED) is 0.166. The molecule has 16 rings (SSSR count). The number of rotatable bonds is 1. The van der Waals surface area contributed by atoms with Crippen LogP contribution in [0, 0.1) is 5.92 Å². The van der Waals surface area contributed by atoms with Gasteiger partial charge < -0.3 is 9.97 Å². The van der Waals surface area contributed by atoms with Crippen molar-refractivity contribution in [3.63, 3.8) is 0 Å². The van der Waals surface area contributed by atoms with E-state index in [0.717, 1.165) is 5.52 Å². The Kier molecular flexibility index (Phi) is 6.07. The van der Waals surface area contributed by atoms with E-state index < -0.39 is 0 Å². The van der Waals surface area contributed by atoms with Gasteiger partial charge in [0.15, 0.2) is 0 Å². The highest BCUT2D eigenvalue weighted by Crippen LogP contribution is 2.67. The molecule has 64 heavy (non-hydrogen) atoms. The molecule has 2 heteroatoms. The van der Waals surface area contributed by atoms with E-state index in [0.29, 0.717) is 0 Å². The predicted molar refractivity (Wildman–Crippen MR) is 262 cm³/mol. The first-order valence-corrected chi connectivity index (χ1v) is 22.8. The zero-order valence-electron chi connectivity index (χ0n) is 34.8. The van der Waals surface area contributed by atoms with Gasteiger partial charge in [-0.05, 0) is 108 Å². The lowest BCUT2D eigenvalue weighted by atomic mass is 9.64. The van der Waals surface area contributed by atoms with Crippen LogP contribution in [0.25, 0.3) is 83.3 Å². The van der Waals surface area contributed by atoms with Gasteiger partial charge in [0.05, 0.1) is 16.3 Å². The Labute approximate surface area is 370 Å². The molecule has 0 amide bonds. The van der Waals surface area contributed by atoms with Crippen LogP contribution in [0.2, 0.25) is 0 Å². The van der Waals surface area contributed by atoms with E-state index in [9.17, 15) is 0 Å². The number of H-pyrrole nitrogens is 2. The van der Waals surface area contributed by atoms with Gasteiger partial charge in [-0.25, -0.2) is 0 Å². The van der Waals surface area contributed by atoms with Crippen molar-refractivity contribution in [1.29, 1.82) is 0 Å². The first-order valence-electron chi connectivity index (χ1n) is 22.8. The second-order valence-corrected chi connectivity index (χ2v) is 18.7. The van der Waals surface area contributed by atoms with Gasteiger partial charge >= 0.3 is 0 Å². The standard InChI is InChI=1S/C62H38N2/c1-7-19-47-37(13-1)38-14-2-8-20-48(38)61(47)51-23-11-5-17-43(51)57-53(61)29-27-41-45-33-35(25-31-55(45)63-59(41)57)36-26-32-56-46(34-36)42-28-30-54-58(60(42)64-56)44-18-6-12-24-52(44)62(54)49-21-9-3-15-39(49)40-16-4-10-22-50(40)62/h1-34,53,57,63-64H. The zero-order chi connectivity index (χ0) is 41.5. The smallest absolute Gasteiger partial charge is 0.0726 e. The van der Waals surface area contributed by atoms with Gasteiger partial charge in [0, 0.05) is 55.8 Å². The van der Waals surface area contributed by atoms with E-state index in [4.69, 9.17) is 0 Å². The van der Waals surface area contributed by atoms with Gasteiger partial charge in [-0.15, -0.1) is 0 Å². The Morgan fingerprint density at radius 3 is 1.56 bits per heavy atom. The molecule has 0 saturated heterocycles. The van der Waals surface area contributed by atoms with Crippen molar-refractivity contribution in [2.75, 3.05) is 0 Å². The van der Waals surface area contributed by atoms with E-state index in [1.54, 1.807) is 0 Å². The molecule has 2 heterocycles. The minimum atomic E-state index is -0.359. The van der Waals surface area contributed by atoms with Gasteiger partial charge in [0.25, 0.3) is 0 Å². The molecule has 5 aliphatic rings. The lowest BCUT2D eigenvalue weighted by Crippen LogP contribution is -2.33. The molecule has 0 aliphatic heterocycles. The molecule has 2 atom stereocenters. The lowest BCUT2D eigenvalue weighted by molar-refractivity contribution is 0.456. The van der Waals surface area contributed by atoms with Gasteiger partial charge in [0.2, 0.25) is 0 Å². The second-order valence-electron chi connectivity index (χ2n) is 18.7. The lowest BCUT2D eigenvalue weighted by Gasteiger charge is -2.37. The summed E-state index contributed by atoms with van der Waals surface area (Å²) in [5.74, 6) is 0.464. The number of nitrogens with one attached hydrogen (secondary N) is 2. The Balaban J connectivity index is 0.850. The van der Waals surface area contributed by atoms with Crippen LogP contribution in [0.1, 0.15) is 61.7 Å². The van der Waals surface area contributed by atoms with Crippen LogP contribution < -0.4 is 0 Å². The van der Waals surface area contributed by atoms with Crippen molar-refractivity contribution < 1.29 is 0 Å². The maximum atomic E-state index is 4.02. The summed E-state index contributed by atoms with van der Waals surface area (Å²) >= 11 is 0. The molecule has 2 nitrogen and oxygen atoms in total. The second kappa shape index (κ2) is 11.5. The van der Waals surface area contributed by atoms with Crippen molar-refractivity contribution >= 4 is 38.8 Å². The first kappa shape index (κ1) is 33.7.